The van der Waals surface area contributed by atoms with Crippen LogP contribution in [0.3, 0.4) is 0 Å². The Balaban J connectivity index is 2.57. The van der Waals surface area contributed by atoms with E-state index in [1.807, 2.05) is 0 Å². The van der Waals surface area contributed by atoms with Gasteiger partial charge in [-0.25, -0.2) is 9.97 Å². The molecule has 3 heteroatoms. The zero-order chi connectivity index (χ0) is 14.2. The van der Waals surface area contributed by atoms with Crippen molar-refractivity contribution in [2.24, 2.45) is 0 Å². The molecule has 19 heavy (non-hydrogen) atoms. The Morgan fingerprint density at radius 1 is 0.947 bits per heavy atom. The van der Waals surface area contributed by atoms with Crippen LogP contribution in [0, 0.1) is 13.8 Å². The van der Waals surface area contributed by atoms with E-state index in [2.05, 4.69) is 56.7 Å². The minimum Gasteiger partial charge on any atom is -0.396 e. The molecule has 0 spiro atoms. The second kappa shape index (κ2) is 4.65. The van der Waals surface area contributed by atoms with Crippen molar-refractivity contribution in [2.45, 2.75) is 40.0 Å². The van der Waals surface area contributed by atoms with Gasteiger partial charge in [0.1, 0.15) is 0 Å². The van der Waals surface area contributed by atoms with Crippen LogP contribution in [0.2, 0.25) is 0 Å². The lowest BCUT2D eigenvalue weighted by Gasteiger charge is -2.22. The average Bonchev–Trinajstić information content (AvgIpc) is 2.29. The summed E-state index contributed by atoms with van der Waals surface area (Å²) in [5.74, 6) is 0.740. The van der Waals surface area contributed by atoms with Crippen LogP contribution in [0.1, 0.15) is 37.5 Å². The van der Waals surface area contributed by atoms with E-state index in [9.17, 15) is 0 Å². The Bertz CT molecular complexity index is 569. The Morgan fingerprint density at radius 2 is 1.42 bits per heavy atom. The fourth-order valence-electron chi connectivity index (χ4n) is 2.22. The molecule has 0 aliphatic heterocycles. The van der Waals surface area contributed by atoms with Crippen molar-refractivity contribution in [3.8, 4) is 11.4 Å². The van der Waals surface area contributed by atoms with Gasteiger partial charge in [-0.15, -0.1) is 0 Å². The first-order valence-electron chi connectivity index (χ1n) is 6.48. The first-order chi connectivity index (χ1) is 8.79. The minimum atomic E-state index is 0.149. The highest BCUT2D eigenvalue weighted by molar-refractivity contribution is 5.66. The molecule has 0 bridgehead atoms. The third-order valence-corrected chi connectivity index (χ3v) is 3.29. The van der Waals surface area contributed by atoms with Gasteiger partial charge in [0.05, 0.1) is 18.1 Å². The summed E-state index contributed by atoms with van der Waals surface area (Å²) in [6, 6.07) is 4.45. The van der Waals surface area contributed by atoms with Crippen LogP contribution in [0.15, 0.2) is 24.5 Å². The predicted octanol–water partition coefficient (Wildman–Crippen LogP) is 3.64. The average molecular weight is 255 g/mol. The Labute approximate surface area is 114 Å². The summed E-state index contributed by atoms with van der Waals surface area (Å²) in [5, 5.41) is 0. The summed E-state index contributed by atoms with van der Waals surface area (Å²) >= 11 is 0. The lowest BCUT2D eigenvalue weighted by molar-refractivity contribution is 0.589. The van der Waals surface area contributed by atoms with Crippen LogP contribution in [-0.4, -0.2) is 9.97 Å². The highest BCUT2D eigenvalue weighted by Crippen LogP contribution is 2.31. The summed E-state index contributed by atoms with van der Waals surface area (Å²) in [7, 11) is 0. The first kappa shape index (κ1) is 13.5. The molecule has 0 unspecified atom stereocenters. The standard InChI is InChI=1S/C16H21N3/c1-10-6-12(16(3,4)5)7-11(2)14(10)15-18-8-13(17)9-19-15/h6-9H,17H2,1-5H3. The van der Waals surface area contributed by atoms with Crippen molar-refractivity contribution in [2.75, 3.05) is 5.73 Å². The number of benzene rings is 1. The van der Waals surface area contributed by atoms with Gasteiger partial charge in [-0.3, -0.25) is 0 Å². The summed E-state index contributed by atoms with van der Waals surface area (Å²) in [4.78, 5) is 8.65. The SMILES string of the molecule is Cc1cc(C(C)(C)C)cc(C)c1-c1ncc(N)cn1. The number of hydrogen-bond acceptors (Lipinski definition) is 3. The van der Waals surface area contributed by atoms with Gasteiger partial charge < -0.3 is 5.73 Å². The maximum absolute atomic E-state index is 5.64. The number of nitrogens with two attached hydrogens (primary N) is 1. The summed E-state index contributed by atoms with van der Waals surface area (Å²) < 4.78 is 0. The molecule has 100 valence electrons. The zero-order valence-electron chi connectivity index (χ0n) is 12.3. The smallest absolute Gasteiger partial charge is 0.159 e. The number of aryl methyl sites for hydroxylation is 2. The second-order valence-electron chi connectivity index (χ2n) is 6.08. The number of aromatic nitrogens is 2. The van der Waals surface area contributed by atoms with Gasteiger partial charge in [-0.05, 0) is 36.0 Å². The van der Waals surface area contributed by atoms with Crippen molar-refractivity contribution in [1.82, 2.24) is 9.97 Å². The Hall–Kier alpha value is -1.90. The van der Waals surface area contributed by atoms with Crippen molar-refractivity contribution in [3.63, 3.8) is 0 Å². The monoisotopic (exact) mass is 255 g/mol. The number of hydrogen-bond donors (Lipinski definition) is 1. The van der Waals surface area contributed by atoms with Crippen LogP contribution in [-0.2, 0) is 5.41 Å². The largest absolute Gasteiger partial charge is 0.396 e. The van der Waals surface area contributed by atoms with E-state index in [-0.39, 0.29) is 5.41 Å². The maximum Gasteiger partial charge on any atom is 0.159 e. The molecule has 2 rings (SSSR count). The van der Waals surface area contributed by atoms with E-state index in [4.69, 9.17) is 5.73 Å². The summed E-state index contributed by atoms with van der Waals surface area (Å²) in [6.45, 7) is 10.9. The van der Waals surface area contributed by atoms with Crippen molar-refractivity contribution in [1.29, 1.82) is 0 Å². The van der Waals surface area contributed by atoms with Crippen LogP contribution in [0.25, 0.3) is 11.4 Å². The molecule has 0 atom stereocenters. The van der Waals surface area contributed by atoms with Gasteiger partial charge in [0.25, 0.3) is 0 Å². The van der Waals surface area contributed by atoms with Gasteiger partial charge in [-0.1, -0.05) is 32.9 Å². The van der Waals surface area contributed by atoms with E-state index in [0.717, 1.165) is 11.4 Å². The first-order valence-corrected chi connectivity index (χ1v) is 6.48. The van der Waals surface area contributed by atoms with Crippen LogP contribution in [0.4, 0.5) is 5.69 Å². The normalized spacial score (nSPS) is 11.6. The zero-order valence-corrected chi connectivity index (χ0v) is 12.3. The third-order valence-electron chi connectivity index (χ3n) is 3.29. The molecule has 2 N–H and O–H groups in total. The molecule has 0 amide bonds. The summed E-state index contributed by atoms with van der Waals surface area (Å²) in [5.41, 5.74) is 11.2. The van der Waals surface area contributed by atoms with Gasteiger partial charge in [0.2, 0.25) is 0 Å². The molecular formula is C16H21N3. The van der Waals surface area contributed by atoms with Crippen molar-refractivity contribution >= 4 is 5.69 Å². The van der Waals surface area contributed by atoms with E-state index < -0.39 is 0 Å². The van der Waals surface area contributed by atoms with E-state index in [0.29, 0.717) is 5.69 Å². The summed E-state index contributed by atoms with van der Waals surface area (Å²) in [6.07, 6.45) is 3.30. The maximum atomic E-state index is 5.64. The lowest BCUT2D eigenvalue weighted by atomic mass is 9.83. The van der Waals surface area contributed by atoms with Crippen LogP contribution in [0.5, 0.6) is 0 Å². The third kappa shape index (κ3) is 2.75. The van der Waals surface area contributed by atoms with Gasteiger partial charge >= 0.3 is 0 Å². The molecule has 0 aliphatic rings. The Morgan fingerprint density at radius 3 is 1.84 bits per heavy atom. The molecule has 0 aliphatic carbocycles. The minimum absolute atomic E-state index is 0.149. The van der Waals surface area contributed by atoms with Crippen LogP contribution < -0.4 is 5.73 Å². The second-order valence-corrected chi connectivity index (χ2v) is 6.08. The van der Waals surface area contributed by atoms with Crippen molar-refractivity contribution in [3.05, 3.63) is 41.2 Å². The number of anilines is 1. The molecule has 0 fully saturated rings. The number of nitrogen functional groups attached to an aromatic ring is 1. The number of rotatable bonds is 1. The van der Waals surface area contributed by atoms with Crippen molar-refractivity contribution < 1.29 is 0 Å². The molecule has 0 saturated heterocycles. The molecular weight excluding hydrogens is 234 g/mol. The lowest BCUT2D eigenvalue weighted by Crippen LogP contribution is -2.12. The molecule has 1 heterocycles. The topological polar surface area (TPSA) is 51.8 Å². The molecule has 3 nitrogen and oxygen atoms in total. The molecule has 1 aromatic carbocycles. The fourth-order valence-corrected chi connectivity index (χ4v) is 2.22. The molecule has 0 saturated carbocycles. The van der Waals surface area contributed by atoms with Crippen LogP contribution >= 0.6 is 0 Å². The van der Waals surface area contributed by atoms with Gasteiger partial charge in [0.15, 0.2) is 5.82 Å². The molecule has 1 aromatic heterocycles. The van der Waals surface area contributed by atoms with E-state index in [1.165, 1.54) is 16.7 Å². The highest BCUT2D eigenvalue weighted by atomic mass is 14.9. The molecule has 2 aromatic rings. The fraction of sp³-hybridized carbons (Fsp3) is 0.375. The van der Waals surface area contributed by atoms with Gasteiger partial charge in [0, 0.05) is 5.56 Å². The predicted molar refractivity (Wildman–Crippen MR) is 80.1 cm³/mol. The quantitative estimate of drug-likeness (QED) is 0.846. The van der Waals surface area contributed by atoms with E-state index in [1.54, 1.807) is 12.4 Å². The Kier molecular flexibility index (Phi) is 3.31. The number of nitrogens with zero attached hydrogens (tertiary/aromatic N) is 2. The van der Waals surface area contributed by atoms with Gasteiger partial charge in [-0.2, -0.15) is 0 Å². The molecule has 0 radical (unpaired) electrons. The van der Waals surface area contributed by atoms with E-state index >= 15 is 0 Å². The highest BCUT2D eigenvalue weighted by Gasteiger charge is 2.17.